The summed E-state index contributed by atoms with van der Waals surface area (Å²) < 4.78 is 5.47. The Morgan fingerprint density at radius 3 is 2.35 bits per heavy atom. The van der Waals surface area contributed by atoms with E-state index in [-0.39, 0.29) is 17.4 Å². The van der Waals surface area contributed by atoms with Crippen molar-refractivity contribution in [2.75, 3.05) is 13.1 Å². The molecule has 2 aromatic rings. The lowest BCUT2D eigenvalue weighted by Gasteiger charge is -2.44. The number of alkyl carbamates (subject to hydrolysis) is 1. The number of carbonyl (C=O) groups is 2. The number of nitrogens with zero attached hydrogens (tertiary/aromatic N) is 1. The second kappa shape index (κ2) is 11.3. The molecular formula is C28H37ClN2O3. The lowest BCUT2D eigenvalue weighted by Crippen LogP contribution is -2.49. The first kappa shape index (κ1) is 26.1. The van der Waals surface area contributed by atoms with Crippen LogP contribution in [0.15, 0.2) is 54.6 Å². The molecule has 0 aromatic heterocycles. The van der Waals surface area contributed by atoms with Crippen LogP contribution in [0.25, 0.3) is 0 Å². The highest BCUT2D eigenvalue weighted by Gasteiger charge is 2.39. The standard InChI is InChI=1S/C28H37ClN2O3/c1-21(32)31(18-15-22-9-6-5-7-10-22)25-13-16-28(17-14-25,23-11-8-12-24(29)19-23)20-30-26(33)34-27(2,3)4/h5-12,19,25H,13-18,20H2,1-4H3,(H,30,33)/t25-,28-. The second-order valence-corrected chi connectivity index (χ2v) is 10.8. The summed E-state index contributed by atoms with van der Waals surface area (Å²) >= 11 is 6.33. The summed E-state index contributed by atoms with van der Waals surface area (Å²) in [6.45, 7) is 8.42. The van der Waals surface area contributed by atoms with Crippen LogP contribution in [-0.2, 0) is 21.4 Å². The van der Waals surface area contributed by atoms with Gasteiger partial charge < -0.3 is 15.0 Å². The maximum atomic E-state index is 12.5. The first-order chi connectivity index (χ1) is 16.1. The molecule has 6 heteroatoms. The Kier molecular flexibility index (Phi) is 8.64. The molecule has 34 heavy (non-hydrogen) atoms. The summed E-state index contributed by atoms with van der Waals surface area (Å²) in [4.78, 5) is 27.0. The fraction of sp³-hybridized carbons (Fsp3) is 0.500. The van der Waals surface area contributed by atoms with Crippen LogP contribution in [0, 0.1) is 0 Å². The Bertz CT molecular complexity index is 963. The summed E-state index contributed by atoms with van der Waals surface area (Å²) in [6, 6.07) is 18.4. The van der Waals surface area contributed by atoms with Crippen LogP contribution in [0.1, 0.15) is 64.5 Å². The molecule has 3 rings (SSSR count). The van der Waals surface area contributed by atoms with E-state index in [4.69, 9.17) is 16.3 Å². The molecule has 0 atom stereocenters. The van der Waals surface area contributed by atoms with Crippen LogP contribution in [0.5, 0.6) is 0 Å². The molecule has 0 radical (unpaired) electrons. The van der Waals surface area contributed by atoms with Crippen molar-refractivity contribution in [2.45, 2.75) is 76.9 Å². The number of halogens is 1. The van der Waals surface area contributed by atoms with Gasteiger partial charge in [0.1, 0.15) is 5.60 Å². The van der Waals surface area contributed by atoms with Gasteiger partial charge in [0.25, 0.3) is 0 Å². The SMILES string of the molecule is CC(=O)N(CCc1ccccc1)[C@H]1CC[C@](CNC(=O)OC(C)(C)C)(c2cccc(Cl)c2)CC1. The zero-order valence-electron chi connectivity index (χ0n) is 20.8. The van der Waals surface area contributed by atoms with Crippen molar-refractivity contribution in [3.05, 3.63) is 70.7 Å². The fourth-order valence-electron chi connectivity index (χ4n) is 4.90. The number of amides is 2. The molecule has 184 valence electrons. The summed E-state index contributed by atoms with van der Waals surface area (Å²) in [6.07, 6.45) is 3.88. The minimum atomic E-state index is -0.550. The molecule has 1 N–H and O–H groups in total. The minimum Gasteiger partial charge on any atom is -0.444 e. The minimum absolute atomic E-state index is 0.114. The van der Waals surface area contributed by atoms with Crippen LogP contribution in [-0.4, -0.2) is 41.6 Å². The van der Waals surface area contributed by atoms with Gasteiger partial charge in [0.15, 0.2) is 0 Å². The Balaban J connectivity index is 1.71. The second-order valence-electron chi connectivity index (χ2n) is 10.3. The molecule has 0 spiro atoms. The highest BCUT2D eigenvalue weighted by atomic mass is 35.5. The van der Waals surface area contributed by atoms with Crippen molar-refractivity contribution in [3.63, 3.8) is 0 Å². The number of rotatable bonds is 7. The van der Waals surface area contributed by atoms with Crippen LogP contribution < -0.4 is 5.32 Å². The highest BCUT2D eigenvalue weighted by molar-refractivity contribution is 6.30. The number of hydrogen-bond donors (Lipinski definition) is 1. The summed E-state index contributed by atoms with van der Waals surface area (Å²) in [5.74, 6) is 0.114. The van der Waals surface area contributed by atoms with Gasteiger partial charge in [-0.2, -0.15) is 0 Å². The third-order valence-corrected chi connectivity index (χ3v) is 6.88. The molecule has 2 aromatic carbocycles. The lowest BCUT2D eigenvalue weighted by atomic mass is 9.67. The molecule has 0 saturated heterocycles. The van der Waals surface area contributed by atoms with E-state index in [0.29, 0.717) is 18.1 Å². The lowest BCUT2D eigenvalue weighted by molar-refractivity contribution is -0.132. The van der Waals surface area contributed by atoms with E-state index in [1.165, 1.54) is 5.56 Å². The number of carbonyl (C=O) groups excluding carboxylic acids is 2. The summed E-state index contributed by atoms with van der Waals surface area (Å²) in [7, 11) is 0. The maximum Gasteiger partial charge on any atom is 0.407 e. The van der Waals surface area contributed by atoms with Gasteiger partial charge in [-0.3, -0.25) is 4.79 Å². The van der Waals surface area contributed by atoms with Gasteiger partial charge in [-0.1, -0.05) is 54.1 Å². The van der Waals surface area contributed by atoms with E-state index in [1.54, 1.807) is 6.92 Å². The molecule has 0 bridgehead atoms. The largest absolute Gasteiger partial charge is 0.444 e. The molecule has 0 aliphatic heterocycles. The Hall–Kier alpha value is -2.53. The van der Waals surface area contributed by atoms with Crippen molar-refractivity contribution in [1.82, 2.24) is 10.2 Å². The zero-order chi connectivity index (χ0) is 24.8. The van der Waals surface area contributed by atoms with Crippen molar-refractivity contribution >= 4 is 23.6 Å². The van der Waals surface area contributed by atoms with Crippen LogP contribution in [0.4, 0.5) is 4.79 Å². The molecule has 1 saturated carbocycles. The van der Waals surface area contributed by atoms with Gasteiger partial charge in [0.05, 0.1) is 0 Å². The van der Waals surface area contributed by atoms with Gasteiger partial charge >= 0.3 is 6.09 Å². The van der Waals surface area contributed by atoms with Gasteiger partial charge in [-0.05, 0) is 76.1 Å². The van der Waals surface area contributed by atoms with E-state index in [2.05, 4.69) is 23.5 Å². The summed E-state index contributed by atoms with van der Waals surface area (Å²) in [5, 5.41) is 3.68. The third-order valence-electron chi connectivity index (χ3n) is 6.65. The monoisotopic (exact) mass is 484 g/mol. The van der Waals surface area contributed by atoms with E-state index in [0.717, 1.165) is 37.7 Å². The van der Waals surface area contributed by atoms with Crippen molar-refractivity contribution in [2.24, 2.45) is 0 Å². The van der Waals surface area contributed by atoms with E-state index in [9.17, 15) is 9.59 Å². The van der Waals surface area contributed by atoms with E-state index < -0.39 is 11.7 Å². The van der Waals surface area contributed by atoms with Gasteiger partial charge in [-0.15, -0.1) is 0 Å². The number of nitrogens with one attached hydrogen (secondary N) is 1. The van der Waals surface area contributed by atoms with Crippen molar-refractivity contribution in [1.29, 1.82) is 0 Å². The number of benzene rings is 2. The van der Waals surface area contributed by atoms with E-state index >= 15 is 0 Å². The first-order valence-corrected chi connectivity index (χ1v) is 12.5. The average molecular weight is 485 g/mol. The molecule has 2 amide bonds. The molecule has 1 aliphatic rings. The number of ether oxygens (including phenoxy) is 1. The van der Waals surface area contributed by atoms with E-state index in [1.807, 2.05) is 62.1 Å². The predicted octanol–water partition coefficient (Wildman–Crippen LogP) is 6.14. The quantitative estimate of drug-likeness (QED) is 0.513. The molecule has 0 unspecified atom stereocenters. The number of hydrogen-bond acceptors (Lipinski definition) is 3. The Labute approximate surface area is 208 Å². The smallest absolute Gasteiger partial charge is 0.407 e. The molecule has 1 fully saturated rings. The normalized spacial score (nSPS) is 20.4. The third kappa shape index (κ3) is 7.23. The van der Waals surface area contributed by atoms with Gasteiger partial charge in [0.2, 0.25) is 5.91 Å². The molecular weight excluding hydrogens is 448 g/mol. The molecule has 1 aliphatic carbocycles. The Morgan fingerprint density at radius 2 is 1.76 bits per heavy atom. The first-order valence-electron chi connectivity index (χ1n) is 12.1. The summed E-state index contributed by atoms with van der Waals surface area (Å²) in [5.41, 5.74) is 1.55. The molecule has 5 nitrogen and oxygen atoms in total. The van der Waals surface area contributed by atoms with Gasteiger partial charge in [-0.25, -0.2) is 4.79 Å². The Morgan fingerprint density at radius 1 is 1.09 bits per heavy atom. The van der Waals surface area contributed by atoms with Crippen LogP contribution in [0.2, 0.25) is 5.02 Å². The fourth-order valence-corrected chi connectivity index (χ4v) is 5.09. The predicted molar refractivity (Wildman–Crippen MR) is 137 cm³/mol. The van der Waals surface area contributed by atoms with Crippen LogP contribution >= 0.6 is 11.6 Å². The van der Waals surface area contributed by atoms with Crippen LogP contribution in [0.3, 0.4) is 0 Å². The van der Waals surface area contributed by atoms with Gasteiger partial charge in [0, 0.05) is 36.5 Å². The van der Waals surface area contributed by atoms with Crippen molar-refractivity contribution < 1.29 is 14.3 Å². The maximum absolute atomic E-state index is 12.5. The van der Waals surface area contributed by atoms with Crippen molar-refractivity contribution in [3.8, 4) is 0 Å². The zero-order valence-corrected chi connectivity index (χ0v) is 21.5. The highest BCUT2D eigenvalue weighted by Crippen LogP contribution is 2.41. The molecule has 0 heterocycles. The average Bonchev–Trinajstić information content (AvgIpc) is 2.78. The topological polar surface area (TPSA) is 58.6 Å².